The number of thiophene rings is 1. The zero-order valence-corrected chi connectivity index (χ0v) is 18.7. The molecule has 0 saturated carbocycles. The van der Waals surface area contributed by atoms with Crippen LogP contribution in [0.15, 0.2) is 46.8 Å². The highest BCUT2D eigenvalue weighted by molar-refractivity contribution is 7.14. The number of nitrogens with one attached hydrogen (secondary N) is 2. The quantitative estimate of drug-likeness (QED) is 0.537. The van der Waals surface area contributed by atoms with E-state index >= 15 is 0 Å². The van der Waals surface area contributed by atoms with Gasteiger partial charge in [0.15, 0.2) is 5.96 Å². The minimum absolute atomic E-state index is 0.250. The first-order valence-electron chi connectivity index (χ1n) is 10.2. The largest absolute Gasteiger partial charge is 0.497 e. The number of methoxy groups -OCH3 is 1. The van der Waals surface area contributed by atoms with Crippen molar-refractivity contribution in [3.63, 3.8) is 0 Å². The molecule has 1 fully saturated rings. The first kappa shape index (κ1) is 21.5. The average Bonchev–Trinajstić information content (AvgIpc) is 3.28. The molecule has 0 bridgehead atoms. The van der Waals surface area contributed by atoms with Crippen LogP contribution in [0.1, 0.15) is 24.4 Å². The number of benzene rings is 1. The summed E-state index contributed by atoms with van der Waals surface area (Å²) in [6.45, 7) is 2.95. The molecule has 2 N–H and O–H groups in total. The molecule has 1 saturated heterocycles. The SMILES string of the molecule is CN=C(NCC(c1ccc(OC)cc1)N(C)C)NC1CCN(c2cccs2)CC1. The van der Waals surface area contributed by atoms with Gasteiger partial charge >= 0.3 is 0 Å². The van der Waals surface area contributed by atoms with Crippen LogP contribution in [0.3, 0.4) is 0 Å². The number of nitrogens with zero attached hydrogens (tertiary/aromatic N) is 3. The van der Waals surface area contributed by atoms with Crippen LogP contribution in [0, 0.1) is 0 Å². The van der Waals surface area contributed by atoms with Crippen molar-refractivity contribution >= 4 is 22.3 Å². The summed E-state index contributed by atoms with van der Waals surface area (Å²) in [5, 5.41) is 10.7. The van der Waals surface area contributed by atoms with E-state index in [1.54, 1.807) is 7.11 Å². The molecule has 1 aromatic heterocycles. The third-order valence-electron chi connectivity index (χ3n) is 5.46. The van der Waals surface area contributed by atoms with Gasteiger partial charge < -0.3 is 25.2 Å². The number of guanidine groups is 1. The molecule has 158 valence electrons. The highest BCUT2D eigenvalue weighted by Crippen LogP contribution is 2.25. The van der Waals surface area contributed by atoms with Crippen LogP contribution in [-0.4, -0.2) is 64.8 Å². The second kappa shape index (κ2) is 10.5. The van der Waals surface area contributed by atoms with Gasteiger partial charge in [-0.1, -0.05) is 12.1 Å². The molecule has 6 nitrogen and oxygen atoms in total. The summed E-state index contributed by atoms with van der Waals surface area (Å²) in [6.07, 6.45) is 2.24. The van der Waals surface area contributed by atoms with E-state index in [4.69, 9.17) is 4.74 Å². The summed E-state index contributed by atoms with van der Waals surface area (Å²) in [5.41, 5.74) is 1.25. The van der Waals surface area contributed by atoms with E-state index in [2.05, 4.69) is 69.2 Å². The lowest BCUT2D eigenvalue weighted by atomic mass is 10.1. The minimum atomic E-state index is 0.250. The Kier molecular flexibility index (Phi) is 7.77. The summed E-state index contributed by atoms with van der Waals surface area (Å²) in [6, 6.07) is 13.3. The van der Waals surface area contributed by atoms with Gasteiger partial charge in [-0.15, -0.1) is 11.3 Å². The summed E-state index contributed by atoms with van der Waals surface area (Å²) >= 11 is 1.82. The van der Waals surface area contributed by atoms with Crippen LogP contribution in [-0.2, 0) is 0 Å². The van der Waals surface area contributed by atoms with Crippen LogP contribution in [0.4, 0.5) is 5.00 Å². The van der Waals surface area contributed by atoms with Gasteiger partial charge in [-0.25, -0.2) is 0 Å². The number of ether oxygens (including phenoxy) is 1. The number of rotatable bonds is 7. The molecule has 7 heteroatoms. The van der Waals surface area contributed by atoms with Gasteiger partial charge in [0.05, 0.1) is 18.2 Å². The molecule has 0 radical (unpaired) electrons. The van der Waals surface area contributed by atoms with Gasteiger partial charge in [0, 0.05) is 32.7 Å². The standard InChI is InChI=1S/C22H33N5OS/c1-23-22(25-18-11-13-27(14-12-18)21-6-5-15-29-21)24-16-20(26(2)3)17-7-9-19(28-4)10-8-17/h5-10,15,18,20H,11-14,16H2,1-4H3,(H2,23,24,25). The fourth-order valence-electron chi connectivity index (χ4n) is 3.70. The lowest BCUT2D eigenvalue weighted by Gasteiger charge is -2.34. The Balaban J connectivity index is 1.51. The van der Waals surface area contributed by atoms with Crippen LogP contribution < -0.4 is 20.3 Å². The van der Waals surface area contributed by atoms with Gasteiger partial charge in [-0.2, -0.15) is 0 Å². The van der Waals surface area contributed by atoms with Crippen molar-refractivity contribution in [1.29, 1.82) is 0 Å². The number of piperidine rings is 1. The van der Waals surface area contributed by atoms with Crippen LogP contribution in [0.2, 0.25) is 0 Å². The molecule has 1 aliphatic heterocycles. The highest BCUT2D eigenvalue weighted by atomic mass is 32.1. The molecular formula is C22H33N5OS. The molecule has 3 rings (SSSR count). The molecule has 1 unspecified atom stereocenters. The third kappa shape index (κ3) is 5.87. The van der Waals surface area contributed by atoms with Gasteiger partial charge in [-0.05, 0) is 62.1 Å². The topological polar surface area (TPSA) is 52.1 Å². The van der Waals surface area contributed by atoms with Crippen molar-refractivity contribution < 1.29 is 4.74 Å². The molecule has 1 aromatic carbocycles. The van der Waals surface area contributed by atoms with E-state index in [-0.39, 0.29) is 6.04 Å². The lowest BCUT2D eigenvalue weighted by Crippen LogP contribution is -2.49. The predicted molar refractivity (Wildman–Crippen MR) is 123 cm³/mol. The summed E-state index contributed by atoms with van der Waals surface area (Å²) in [4.78, 5) is 9.15. The predicted octanol–water partition coefficient (Wildman–Crippen LogP) is 3.19. The smallest absolute Gasteiger partial charge is 0.191 e. The molecule has 0 amide bonds. The Hall–Kier alpha value is -2.25. The number of hydrogen-bond donors (Lipinski definition) is 2. The molecular weight excluding hydrogens is 382 g/mol. The average molecular weight is 416 g/mol. The Labute approximate surface area is 178 Å². The monoisotopic (exact) mass is 415 g/mol. The highest BCUT2D eigenvalue weighted by Gasteiger charge is 2.21. The summed E-state index contributed by atoms with van der Waals surface area (Å²) < 4.78 is 5.28. The summed E-state index contributed by atoms with van der Waals surface area (Å²) in [7, 11) is 7.74. The lowest BCUT2D eigenvalue weighted by molar-refractivity contribution is 0.297. The third-order valence-corrected chi connectivity index (χ3v) is 6.39. The van der Waals surface area contributed by atoms with Gasteiger partial charge in [0.2, 0.25) is 0 Å². The maximum absolute atomic E-state index is 5.28. The first-order chi connectivity index (χ1) is 14.1. The van der Waals surface area contributed by atoms with Gasteiger partial charge in [-0.3, -0.25) is 4.99 Å². The van der Waals surface area contributed by atoms with E-state index in [9.17, 15) is 0 Å². The number of hydrogen-bond acceptors (Lipinski definition) is 5. The number of anilines is 1. The fraction of sp³-hybridized carbons (Fsp3) is 0.500. The zero-order valence-electron chi connectivity index (χ0n) is 17.9. The molecule has 0 aliphatic carbocycles. The maximum atomic E-state index is 5.28. The molecule has 1 aliphatic rings. The van der Waals surface area contributed by atoms with Crippen molar-refractivity contribution in [1.82, 2.24) is 15.5 Å². The second-order valence-electron chi connectivity index (χ2n) is 7.56. The number of likely N-dealkylation sites (N-methyl/N-ethyl adjacent to an activating group) is 1. The zero-order chi connectivity index (χ0) is 20.6. The molecule has 1 atom stereocenters. The normalized spacial score (nSPS) is 16.7. The maximum Gasteiger partial charge on any atom is 0.191 e. The second-order valence-corrected chi connectivity index (χ2v) is 8.49. The van der Waals surface area contributed by atoms with Crippen molar-refractivity contribution in [2.24, 2.45) is 4.99 Å². The molecule has 2 heterocycles. The van der Waals surface area contributed by atoms with E-state index in [1.807, 2.05) is 30.5 Å². The van der Waals surface area contributed by atoms with Crippen molar-refractivity contribution in [3.05, 3.63) is 47.3 Å². The Bertz CT molecular complexity index is 752. The first-order valence-corrected chi connectivity index (χ1v) is 11.0. The van der Waals surface area contributed by atoms with Crippen LogP contribution >= 0.6 is 11.3 Å². The molecule has 0 spiro atoms. The number of aliphatic imine (C=N–C) groups is 1. The van der Waals surface area contributed by atoms with Crippen molar-refractivity contribution in [2.75, 3.05) is 52.8 Å². The Morgan fingerprint density at radius 1 is 1.24 bits per heavy atom. The van der Waals surface area contributed by atoms with Gasteiger partial charge in [0.25, 0.3) is 0 Å². The fourth-order valence-corrected chi connectivity index (χ4v) is 4.49. The van der Waals surface area contributed by atoms with Crippen LogP contribution in [0.25, 0.3) is 0 Å². The van der Waals surface area contributed by atoms with Gasteiger partial charge in [0.1, 0.15) is 5.75 Å². The van der Waals surface area contributed by atoms with E-state index in [1.165, 1.54) is 10.6 Å². The summed E-state index contributed by atoms with van der Waals surface area (Å²) in [5.74, 6) is 1.76. The molecule has 2 aromatic rings. The van der Waals surface area contributed by atoms with Crippen molar-refractivity contribution in [2.45, 2.75) is 24.9 Å². The van der Waals surface area contributed by atoms with Crippen LogP contribution in [0.5, 0.6) is 5.75 Å². The van der Waals surface area contributed by atoms with E-state index in [0.717, 1.165) is 44.2 Å². The Morgan fingerprint density at radius 3 is 2.52 bits per heavy atom. The Morgan fingerprint density at radius 2 is 1.97 bits per heavy atom. The van der Waals surface area contributed by atoms with Crippen molar-refractivity contribution in [3.8, 4) is 5.75 Å². The van der Waals surface area contributed by atoms with E-state index < -0.39 is 0 Å². The molecule has 29 heavy (non-hydrogen) atoms. The van der Waals surface area contributed by atoms with E-state index in [0.29, 0.717) is 6.04 Å². The minimum Gasteiger partial charge on any atom is -0.497 e.